The maximum atomic E-state index is 12.0. The number of benzene rings is 1. The average molecular weight is 348 g/mol. The van der Waals surface area contributed by atoms with Gasteiger partial charge < -0.3 is 20.7 Å². The topological polar surface area (TPSA) is 80.5 Å². The molecule has 0 saturated heterocycles. The highest BCUT2D eigenvalue weighted by molar-refractivity contribution is 7.09. The van der Waals surface area contributed by atoms with Gasteiger partial charge in [-0.05, 0) is 38.2 Å². The van der Waals surface area contributed by atoms with Crippen LogP contribution in [-0.4, -0.2) is 43.0 Å². The Morgan fingerprint density at radius 3 is 2.71 bits per heavy atom. The molecule has 1 heterocycles. The second-order valence-corrected chi connectivity index (χ2v) is 6.61. The van der Waals surface area contributed by atoms with E-state index in [0.717, 1.165) is 29.3 Å². The summed E-state index contributed by atoms with van der Waals surface area (Å²) < 4.78 is 5.69. The lowest BCUT2D eigenvalue weighted by Crippen LogP contribution is -2.23. The average Bonchev–Trinajstić information content (AvgIpc) is 3.07. The summed E-state index contributed by atoms with van der Waals surface area (Å²) in [4.78, 5) is 18.3. The molecule has 6 nitrogen and oxygen atoms in total. The molecule has 0 unspecified atom stereocenters. The number of hydrogen-bond donors (Lipinski definition) is 2. The van der Waals surface area contributed by atoms with E-state index in [1.54, 1.807) is 5.38 Å². The number of nitrogens with one attached hydrogen (secondary N) is 1. The van der Waals surface area contributed by atoms with Crippen molar-refractivity contribution in [3.8, 4) is 5.75 Å². The molecule has 0 fully saturated rings. The number of aromatic nitrogens is 1. The van der Waals surface area contributed by atoms with Crippen molar-refractivity contribution >= 4 is 17.2 Å². The minimum Gasteiger partial charge on any atom is -0.494 e. The Balaban J connectivity index is 1.76. The molecule has 2 rings (SSSR count). The lowest BCUT2D eigenvalue weighted by atomic mass is 10.2. The normalized spacial score (nSPS) is 10.8. The van der Waals surface area contributed by atoms with Crippen LogP contribution in [0.1, 0.15) is 27.5 Å². The first kappa shape index (κ1) is 18.4. The number of hydrogen-bond acceptors (Lipinski definition) is 6. The summed E-state index contributed by atoms with van der Waals surface area (Å²) >= 11 is 1.40. The second-order valence-electron chi connectivity index (χ2n) is 5.66. The molecular formula is C17H24N4O2S. The number of carbonyl (C=O) groups excluding carboxylic acids is 1. The Morgan fingerprint density at radius 1 is 1.33 bits per heavy atom. The summed E-state index contributed by atoms with van der Waals surface area (Å²) in [5, 5.41) is 5.34. The minimum absolute atomic E-state index is 0.185. The molecule has 0 atom stereocenters. The van der Waals surface area contributed by atoms with E-state index >= 15 is 0 Å². The second kappa shape index (κ2) is 9.36. The third-order valence-electron chi connectivity index (χ3n) is 3.35. The van der Waals surface area contributed by atoms with Gasteiger partial charge in [0.15, 0.2) is 0 Å². The molecule has 0 aliphatic carbocycles. The Morgan fingerprint density at radius 2 is 2.08 bits per heavy atom. The van der Waals surface area contributed by atoms with Crippen LogP contribution >= 0.6 is 11.3 Å². The molecule has 24 heavy (non-hydrogen) atoms. The fraction of sp³-hybridized carbons (Fsp3) is 0.412. The molecule has 0 aliphatic rings. The van der Waals surface area contributed by atoms with Crippen LogP contribution in [0.15, 0.2) is 29.6 Å². The first-order valence-corrected chi connectivity index (χ1v) is 8.75. The van der Waals surface area contributed by atoms with E-state index in [9.17, 15) is 4.79 Å². The van der Waals surface area contributed by atoms with Gasteiger partial charge in [-0.2, -0.15) is 0 Å². The van der Waals surface area contributed by atoms with E-state index in [1.807, 2.05) is 38.4 Å². The highest BCUT2D eigenvalue weighted by atomic mass is 32.1. The van der Waals surface area contributed by atoms with Gasteiger partial charge in [0.25, 0.3) is 5.91 Å². The summed E-state index contributed by atoms with van der Waals surface area (Å²) in [6.45, 7) is 2.51. The zero-order chi connectivity index (χ0) is 17.4. The number of ether oxygens (including phenoxy) is 1. The fourth-order valence-corrected chi connectivity index (χ4v) is 2.71. The third kappa shape index (κ3) is 5.92. The first-order chi connectivity index (χ1) is 11.6. The van der Waals surface area contributed by atoms with Crippen LogP contribution in [-0.2, 0) is 13.1 Å². The van der Waals surface area contributed by atoms with E-state index in [-0.39, 0.29) is 5.91 Å². The zero-order valence-corrected chi connectivity index (χ0v) is 14.9. The molecule has 0 bridgehead atoms. The molecule has 1 aromatic heterocycles. The highest BCUT2D eigenvalue weighted by Gasteiger charge is 2.09. The molecule has 3 N–H and O–H groups in total. The van der Waals surface area contributed by atoms with E-state index in [0.29, 0.717) is 25.4 Å². The predicted molar refractivity (Wildman–Crippen MR) is 96.3 cm³/mol. The SMILES string of the molecule is CN(C)CCCOc1ccc(CNC(=O)c2csc(CN)n2)cc1. The highest BCUT2D eigenvalue weighted by Crippen LogP contribution is 2.13. The molecular weight excluding hydrogens is 324 g/mol. The monoisotopic (exact) mass is 348 g/mol. The molecule has 2 aromatic rings. The van der Waals surface area contributed by atoms with E-state index in [1.165, 1.54) is 11.3 Å². The van der Waals surface area contributed by atoms with Gasteiger partial charge in [-0.15, -0.1) is 11.3 Å². The summed E-state index contributed by atoms with van der Waals surface area (Å²) in [5.41, 5.74) is 6.93. The molecule has 130 valence electrons. The van der Waals surface area contributed by atoms with Crippen LogP contribution < -0.4 is 15.8 Å². The third-order valence-corrected chi connectivity index (χ3v) is 4.22. The predicted octanol–water partition coefficient (Wildman–Crippen LogP) is 1.86. The summed E-state index contributed by atoms with van der Waals surface area (Å²) in [7, 11) is 4.09. The summed E-state index contributed by atoms with van der Waals surface area (Å²) in [5.74, 6) is 0.658. The van der Waals surface area contributed by atoms with E-state index < -0.39 is 0 Å². The van der Waals surface area contributed by atoms with Gasteiger partial charge in [-0.3, -0.25) is 4.79 Å². The van der Waals surface area contributed by atoms with E-state index in [4.69, 9.17) is 10.5 Å². The summed E-state index contributed by atoms with van der Waals surface area (Å²) in [6.07, 6.45) is 0.989. The molecule has 1 aromatic carbocycles. The molecule has 0 saturated carbocycles. The van der Waals surface area contributed by atoms with Gasteiger partial charge >= 0.3 is 0 Å². The molecule has 1 amide bonds. The number of nitrogens with two attached hydrogens (primary N) is 1. The van der Waals surface area contributed by atoms with Crippen molar-refractivity contribution in [2.75, 3.05) is 27.2 Å². The van der Waals surface area contributed by atoms with Crippen molar-refractivity contribution in [2.45, 2.75) is 19.5 Å². The van der Waals surface area contributed by atoms with Crippen molar-refractivity contribution in [1.29, 1.82) is 0 Å². The van der Waals surface area contributed by atoms with Crippen molar-refractivity contribution in [3.05, 3.63) is 45.9 Å². The Bertz CT molecular complexity index is 640. The maximum absolute atomic E-state index is 12.0. The zero-order valence-electron chi connectivity index (χ0n) is 14.1. The number of rotatable bonds is 9. The van der Waals surface area contributed by atoms with Gasteiger partial charge in [0, 0.05) is 25.0 Å². The maximum Gasteiger partial charge on any atom is 0.271 e. The lowest BCUT2D eigenvalue weighted by Gasteiger charge is -2.10. The fourth-order valence-electron chi connectivity index (χ4n) is 2.06. The van der Waals surface area contributed by atoms with Gasteiger partial charge in [-0.25, -0.2) is 4.98 Å². The van der Waals surface area contributed by atoms with Crippen molar-refractivity contribution in [2.24, 2.45) is 5.73 Å². The quantitative estimate of drug-likeness (QED) is 0.676. The smallest absolute Gasteiger partial charge is 0.271 e. The number of carbonyl (C=O) groups is 1. The first-order valence-electron chi connectivity index (χ1n) is 7.87. The van der Waals surface area contributed by atoms with Crippen molar-refractivity contribution in [3.63, 3.8) is 0 Å². The molecule has 0 spiro atoms. The molecule has 0 aliphatic heterocycles. The number of thiazole rings is 1. The Kier molecular flexibility index (Phi) is 7.17. The van der Waals surface area contributed by atoms with Gasteiger partial charge in [0.05, 0.1) is 6.61 Å². The van der Waals surface area contributed by atoms with Crippen LogP contribution in [0.4, 0.5) is 0 Å². The lowest BCUT2D eigenvalue weighted by molar-refractivity contribution is 0.0946. The van der Waals surface area contributed by atoms with E-state index in [2.05, 4.69) is 15.2 Å². The number of amides is 1. The van der Waals surface area contributed by atoms with Gasteiger partial charge in [-0.1, -0.05) is 12.1 Å². The summed E-state index contributed by atoms with van der Waals surface area (Å²) in [6, 6.07) is 7.75. The molecule has 7 heteroatoms. The Labute approximate surface area is 146 Å². The van der Waals surface area contributed by atoms with Gasteiger partial charge in [0.2, 0.25) is 0 Å². The van der Waals surface area contributed by atoms with Gasteiger partial charge in [0.1, 0.15) is 16.5 Å². The largest absolute Gasteiger partial charge is 0.494 e. The van der Waals surface area contributed by atoms with Crippen LogP contribution in [0, 0.1) is 0 Å². The number of nitrogens with zero attached hydrogens (tertiary/aromatic N) is 2. The molecule has 0 radical (unpaired) electrons. The van der Waals surface area contributed by atoms with Crippen molar-refractivity contribution in [1.82, 2.24) is 15.2 Å². The van der Waals surface area contributed by atoms with Crippen molar-refractivity contribution < 1.29 is 9.53 Å². The van der Waals surface area contributed by atoms with Crippen LogP contribution in [0.3, 0.4) is 0 Å². The Hall–Kier alpha value is -1.96. The minimum atomic E-state index is -0.185. The standard InChI is InChI=1S/C17H24N4O2S/c1-21(2)8-3-9-23-14-6-4-13(5-7-14)11-19-17(22)15-12-24-16(10-18)20-15/h4-7,12H,3,8-11,18H2,1-2H3,(H,19,22). The van der Waals surface area contributed by atoms with Crippen LogP contribution in [0.5, 0.6) is 5.75 Å². The van der Waals surface area contributed by atoms with Crippen LogP contribution in [0.2, 0.25) is 0 Å². The van der Waals surface area contributed by atoms with Crippen LogP contribution in [0.25, 0.3) is 0 Å².